The van der Waals surface area contributed by atoms with Gasteiger partial charge in [-0.3, -0.25) is 9.59 Å². The lowest BCUT2D eigenvalue weighted by Gasteiger charge is -2.19. The molecule has 0 fully saturated rings. The van der Waals surface area contributed by atoms with Crippen molar-refractivity contribution in [2.75, 3.05) is 5.32 Å². The first-order valence-electron chi connectivity index (χ1n) is 8.02. The van der Waals surface area contributed by atoms with E-state index < -0.39 is 35.7 Å². The lowest BCUT2D eigenvalue weighted by Crippen LogP contribution is -2.42. The second kappa shape index (κ2) is 8.80. The number of amides is 2. The van der Waals surface area contributed by atoms with Crippen LogP contribution in [-0.2, 0) is 14.3 Å². The van der Waals surface area contributed by atoms with Crippen molar-refractivity contribution >= 4 is 23.5 Å². The zero-order chi connectivity index (χ0) is 19.1. The maximum atomic E-state index is 12.9. The Labute approximate surface area is 149 Å². The molecular weight excluding hydrogens is 343 g/mol. The third kappa shape index (κ3) is 5.17. The molecule has 1 heterocycles. The van der Waals surface area contributed by atoms with Gasteiger partial charge in [0, 0.05) is 5.69 Å². The van der Waals surface area contributed by atoms with E-state index in [0.717, 1.165) is 0 Å². The average Bonchev–Trinajstić information content (AvgIpc) is 3.16. The van der Waals surface area contributed by atoms with E-state index in [4.69, 9.17) is 9.15 Å². The van der Waals surface area contributed by atoms with Crippen LogP contribution < -0.4 is 10.6 Å². The topological polar surface area (TPSA) is 97.6 Å². The molecule has 2 aromatic rings. The van der Waals surface area contributed by atoms with Crippen LogP contribution >= 0.6 is 0 Å². The molecule has 0 spiro atoms. The molecule has 1 aromatic heterocycles. The molecule has 0 saturated heterocycles. The summed E-state index contributed by atoms with van der Waals surface area (Å²) in [6.45, 7) is 3.11. The average molecular weight is 362 g/mol. The number of hydrogen-bond donors (Lipinski definition) is 2. The number of furan rings is 1. The van der Waals surface area contributed by atoms with Gasteiger partial charge in [0.15, 0.2) is 11.9 Å². The van der Waals surface area contributed by atoms with Crippen molar-refractivity contribution < 1.29 is 27.9 Å². The smallest absolute Gasteiger partial charge is 0.329 e. The van der Waals surface area contributed by atoms with Gasteiger partial charge in [0.2, 0.25) is 0 Å². The molecule has 2 rings (SSSR count). The summed E-state index contributed by atoms with van der Waals surface area (Å²) in [7, 11) is 0. The summed E-state index contributed by atoms with van der Waals surface area (Å²) >= 11 is 0. The summed E-state index contributed by atoms with van der Waals surface area (Å²) in [6, 6.07) is 7.23. The molecule has 138 valence electrons. The third-order valence-corrected chi connectivity index (χ3v) is 3.48. The van der Waals surface area contributed by atoms with Gasteiger partial charge in [0.25, 0.3) is 11.8 Å². The van der Waals surface area contributed by atoms with Crippen molar-refractivity contribution in [3.63, 3.8) is 0 Å². The van der Waals surface area contributed by atoms with Gasteiger partial charge < -0.3 is 19.8 Å². The molecular formula is C18H19FN2O5. The molecule has 0 bridgehead atoms. The minimum absolute atomic E-state index is 0.0609. The van der Waals surface area contributed by atoms with Gasteiger partial charge in [-0.25, -0.2) is 9.18 Å². The Morgan fingerprint density at radius 2 is 1.88 bits per heavy atom. The van der Waals surface area contributed by atoms with Gasteiger partial charge in [0.05, 0.1) is 6.26 Å². The van der Waals surface area contributed by atoms with Gasteiger partial charge in [-0.15, -0.1) is 0 Å². The molecule has 0 radical (unpaired) electrons. The number of hydrogen-bond acceptors (Lipinski definition) is 5. The van der Waals surface area contributed by atoms with Crippen molar-refractivity contribution in [1.82, 2.24) is 5.32 Å². The van der Waals surface area contributed by atoms with Crippen molar-refractivity contribution in [1.29, 1.82) is 0 Å². The van der Waals surface area contributed by atoms with Crippen LogP contribution in [0.2, 0.25) is 0 Å². The predicted molar refractivity (Wildman–Crippen MR) is 90.8 cm³/mol. The molecule has 2 atom stereocenters. The quantitative estimate of drug-likeness (QED) is 0.738. The van der Waals surface area contributed by atoms with Crippen molar-refractivity contribution in [3.8, 4) is 0 Å². The van der Waals surface area contributed by atoms with E-state index in [9.17, 15) is 18.8 Å². The molecule has 1 aromatic carbocycles. The standard InChI is InChI=1S/C18H19FN2O5/c1-3-14(16(22)21-13-8-6-12(19)7-9-13)26-18(24)11(2)20-17(23)15-5-4-10-25-15/h4-11,14H,3H2,1-2H3,(H,20,23)(H,21,22)/t11-,14-/m1/s1. The van der Waals surface area contributed by atoms with Crippen molar-refractivity contribution in [2.45, 2.75) is 32.4 Å². The van der Waals surface area contributed by atoms with Gasteiger partial charge in [0.1, 0.15) is 11.9 Å². The second-order valence-electron chi connectivity index (χ2n) is 5.50. The molecule has 0 aliphatic carbocycles. The minimum atomic E-state index is -1.05. The van der Waals surface area contributed by atoms with Crippen LogP contribution in [0, 0.1) is 5.82 Å². The van der Waals surface area contributed by atoms with E-state index in [2.05, 4.69) is 10.6 Å². The molecule has 8 heteroatoms. The van der Waals surface area contributed by atoms with Crippen LogP contribution in [0.4, 0.5) is 10.1 Å². The van der Waals surface area contributed by atoms with E-state index in [1.807, 2.05) is 0 Å². The number of carbonyl (C=O) groups excluding carboxylic acids is 3. The Kier molecular flexibility index (Phi) is 6.48. The lowest BCUT2D eigenvalue weighted by molar-refractivity contribution is -0.155. The van der Waals surface area contributed by atoms with Crippen LogP contribution in [0.1, 0.15) is 30.8 Å². The lowest BCUT2D eigenvalue weighted by atomic mass is 10.2. The summed E-state index contributed by atoms with van der Waals surface area (Å²) in [6.07, 6.45) is 0.526. The largest absolute Gasteiger partial charge is 0.459 e. The SMILES string of the molecule is CC[C@@H](OC(=O)[C@@H](C)NC(=O)c1ccco1)C(=O)Nc1ccc(F)cc1. The molecule has 0 aliphatic rings. The van der Waals surface area contributed by atoms with Crippen molar-refractivity contribution in [2.24, 2.45) is 0 Å². The van der Waals surface area contributed by atoms with E-state index >= 15 is 0 Å². The first-order chi connectivity index (χ1) is 12.4. The number of anilines is 1. The highest BCUT2D eigenvalue weighted by atomic mass is 19.1. The fourth-order valence-corrected chi connectivity index (χ4v) is 2.05. The Bertz CT molecular complexity index is 758. The highest BCUT2D eigenvalue weighted by Crippen LogP contribution is 2.11. The van der Waals surface area contributed by atoms with Crippen LogP contribution in [0.25, 0.3) is 0 Å². The summed E-state index contributed by atoms with van der Waals surface area (Å²) in [4.78, 5) is 36.2. The maximum absolute atomic E-state index is 12.9. The number of nitrogens with one attached hydrogen (secondary N) is 2. The zero-order valence-electron chi connectivity index (χ0n) is 14.3. The number of esters is 1. The Morgan fingerprint density at radius 1 is 1.19 bits per heavy atom. The number of rotatable bonds is 7. The number of halogens is 1. The molecule has 0 aliphatic heterocycles. The molecule has 7 nitrogen and oxygen atoms in total. The summed E-state index contributed by atoms with van der Waals surface area (Å²) in [5, 5.41) is 4.97. The van der Waals surface area contributed by atoms with Gasteiger partial charge in [-0.2, -0.15) is 0 Å². The second-order valence-corrected chi connectivity index (χ2v) is 5.50. The van der Waals surface area contributed by atoms with E-state index in [-0.39, 0.29) is 12.2 Å². The number of ether oxygens (including phenoxy) is 1. The first kappa shape index (κ1) is 19.2. The predicted octanol–water partition coefficient (Wildman–Crippen LogP) is 2.50. The molecule has 26 heavy (non-hydrogen) atoms. The monoisotopic (exact) mass is 362 g/mol. The van der Waals surface area contributed by atoms with Gasteiger partial charge >= 0.3 is 5.97 Å². The van der Waals surface area contributed by atoms with Crippen LogP contribution in [0.5, 0.6) is 0 Å². The molecule has 0 unspecified atom stereocenters. The van der Waals surface area contributed by atoms with Gasteiger partial charge in [-0.05, 0) is 49.7 Å². The van der Waals surface area contributed by atoms with Crippen LogP contribution in [0.15, 0.2) is 47.1 Å². The number of carbonyl (C=O) groups is 3. The first-order valence-corrected chi connectivity index (χ1v) is 8.02. The molecule has 0 saturated carbocycles. The van der Waals surface area contributed by atoms with E-state index in [0.29, 0.717) is 5.69 Å². The number of benzene rings is 1. The van der Waals surface area contributed by atoms with E-state index in [1.54, 1.807) is 13.0 Å². The fourth-order valence-electron chi connectivity index (χ4n) is 2.05. The normalized spacial score (nSPS) is 12.7. The van der Waals surface area contributed by atoms with Crippen molar-refractivity contribution in [3.05, 3.63) is 54.2 Å². The molecule has 2 N–H and O–H groups in total. The Hall–Kier alpha value is -3.16. The Morgan fingerprint density at radius 3 is 2.46 bits per heavy atom. The van der Waals surface area contributed by atoms with Crippen LogP contribution in [0.3, 0.4) is 0 Å². The highest BCUT2D eigenvalue weighted by molar-refractivity contribution is 5.97. The summed E-state index contributed by atoms with van der Waals surface area (Å²) < 4.78 is 23.0. The fraction of sp³-hybridized carbons (Fsp3) is 0.278. The van der Waals surface area contributed by atoms with Gasteiger partial charge in [-0.1, -0.05) is 6.92 Å². The van der Waals surface area contributed by atoms with E-state index in [1.165, 1.54) is 43.5 Å². The Balaban J connectivity index is 1.90. The maximum Gasteiger partial charge on any atom is 0.329 e. The minimum Gasteiger partial charge on any atom is -0.459 e. The van der Waals surface area contributed by atoms with Crippen LogP contribution in [-0.4, -0.2) is 29.9 Å². The molecule has 2 amide bonds. The highest BCUT2D eigenvalue weighted by Gasteiger charge is 2.26. The zero-order valence-corrected chi connectivity index (χ0v) is 14.3. The summed E-state index contributed by atoms with van der Waals surface area (Å²) in [5.74, 6) is -2.24. The summed E-state index contributed by atoms with van der Waals surface area (Å²) in [5.41, 5.74) is 0.380. The third-order valence-electron chi connectivity index (χ3n) is 3.48.